The third-order valence-corrected chi connectivity index (χ3v) is 2.87. The van der Waals surface area contributed by atoms with Gasteiger partial charge in [0.25, 0.3) is 0 Å². The lowest BCUT2D eigenvalue weighted by Crippen LogP contribution is -2.27. The fourth-order valence-corrected chi connectivity index (χ4v) is 2.05. The smallest absolute Gasteiger partial charge is 0.164 e. The molecule has 1 atom stereocenters. The van der Waals surface area contributed by atoms with Crippen LogP contribution in [-0.2, 0) is 11.2 Å². The summed E-state index contributed by atoms with van der Waals surface area (Å²) >= 11 is 5.76. The summed E-state index contributed by atoms with van der Waals surface area (Å²) in [6, 6.07) is 2.52. The van der Waals surface area contributed by atoms with Crippen molar-refractivity contribution in [3.8, 4) is 0 Å². The highest BCUT2D eigenvalue weighted by molar-refractivity contribution is 6.30. The minimum absolute atomic E-state index is 0. The van der Waals surface area contributed by atoms with Crippen molar-refractivity contribution in [3.05, 3.63) is 39.7 Å². The monoisotopic (exact) mass is 275 g/mol. The quantitative estimate of drug-likeness (QED) is 0.857. The molecule has 2 nitrogen and oxygen atoms in total. The van der Waals surface area contributed by atoms with Gasteiger partial charge in [-0.3, -0.25) is 4.79 Å². The van der Waals surface area contributed by atoms with E-state index in [2.05, 4.69) is 0 Å². The molecule has 2 N–H and O–H groups in total. The number of Topliss-reactive ketones (excluding diaryl/α,β-unsaturated/α-hetero) is 1. The number of carbonyl (C=O) groups excluding carboxylic acids is 1. The molecule has 0 heterocycles. The SMILES string of the molecule is C[C@H](N)C1=Cc2cc(Cl)cc(F)c2CC1=O.Cl. The fraction of sp³-hybridized carbons (Fsp3) is 0.250. The Hall–Kier alpha value is -0.900. The maximum absolute atomic E-state index is 13.5. The van der Waals surface area contributed by atoms with E-state index >= 15 is 0 Å². The van der Waals surface area contributed by atoms with Crippen LogP contribution in [0.5, 0.6) is 0 Å². The average molecular weight is 276 g/mol. The first-order chi connectivity index (χ1) is 7.49. The number of carbonyl (C=O) groups is 1. The van der Waals surface area contributed by atoms with Gasteiger partial charge in [0.1, 0.15) is 5.82 Å². The van der Waals surface area contributed by atoms with Gasteiger partial charge in [-0.2, -0.15) is 0 Å². The number of hydrogen-bond donors (Lipinski definition) is 1. The van der Waals surface area contributed by atoms with E-state index in [-0.39, 0.29) is 30.7 Å². The molecular weight excluding hydrogens is 264 g/mol. The highest BCUT2D eigenvalue weighted by Gasteiger charge is 2.23. The second kappa shape index (κ2) is 5.17. The van der Waals surface area contributed by atoms with Crippen LogP contribution in [0.2, 0.25) is 5.02 Å². The van der Waals surface area contributed by atoms with Gasteiger partial charge in [0.2, 0.25) is 0 Å². The van der Waals surface area contributed by atoms with Gasteiger partial charge < -0.3 is 5.73 Å². The highest BCUT2D eigenvalue weighted by atomic mass is 35.5. The molecule has 0 saturated carbocycles. The topological polar surface area (TPSA) is 43.1 Å². The van der Waals surface area contributed by atoms with Crippen LogP contribution < -0.4 is 5.73 Å². The molecule has 0 unspecified atom stereocenters. The lowest BCUT2D eigenvalue weighted by Gasteiger charge is -2.18. The molecule has 0 spiro atoms. The Morgan fingerprint density at radius 1 is 1.47 bits per heavy atom. The van der Waals surface area contributed by atoms with Crippen molar-refractivity contribution in [1.82, 2.24) is 0 Å². The normalized spacial score (nSPS) is 15.8. The van der Waals surface area contributed by atoms with Crippen molar-refractivity contribution in [2.24, 2.45) is 5.73 Å². The standard InChI is InChI=1S/C12H11ClFNO.ClH/c1-6(15)9-3-7-2-8(13)4-11(14)10(7)5-12(9)16;/h2-4,6H,5,15H2,1H3;1H/t6-;/m0./s1. The van der Waals surface area contributed by atoms with Crippen molar-refractivity contribution in [2.45, 2.75) is 19.4 Å². The van der Waals surface area contributed by atoms with Crippen LogP contribution in [-0.4, -0.2) is 11.8 Å². The molecule has 0 aromatic heterocycles. The van der Waals surface area contributed by atoms with Gasteiger partial charge in [-0.05, 0) is 30.7 Å². The van der Waals surface area contributed by atoms with E-state index in [0.29, 0.717) is 21.7 Å². The van der Waals surface area contributed by atoms with Gasteiger partial charge >= 0.3 is 0 Å². The van der Waals surface area contributed by atoms with Crippen molar-refractivity contribution in [2.75, 3.05) is 0 Å². The molecule has 17 heavy (non-hydrogen) atoms. The van der Waals surface area contributed by atoms with E-state index in [1.807, 2.05) is 0 Å². The number of ketones is 1. The van der Waals surface area contributed by atoms with Crippen LogP contribution in [0.3, 0.4) is 0 Å². The molecule has 1 aromatic rings. The van der Waals surface area contributed by atoms with E-state index in [9.17, 15) is 9.18 Å². The maximum Gasteiger partial charge on any atom is 0.164 e. The number of hydrogen-bond acceptors (Lipinski definition) is 2. The third kappa shape index (κ3) is 2.68. The van der Waals surface area contributed by atoms with Crippen LogP contribution in [0.25, 0.3) is 6.08 Å². The molecule has 1 aliphatic carbocycles. The first kappa shape index (κ1) is 14.2. The van der Waals surface area contributed by atoms with Crippen LogP contribution in [0, 0.1) is 5.82 Å². The average Bonchev–Trinajstić information content (AvgIpc) is 2.18. The summed E-state index contributed by atoms with van der Waals surface area (Å²) in [5, 5.41) is 0.325. The Labute approximate surface area is 110 Å². The van der Waals surface area contributed by atoms with Gasteiger partial charge in [0.15, 0.2) is 5.78 Å². The van der Waals surface area contributed by atoms with Crippen molar-refractivity contribution in [1.29, 1.82) is 0 Å². The number of rotatable bonds is 1. The fourth-order valence-electron chi connectivity index (χ4n) is 1.83. The van der Waals surface area contributed by atoms with Gasteiger partial charge in [-0.1, -0.05) is 11.6 Å². The summed E-state index contributed by atoms with van der Waals surface area (Å²) in [5.74, 6) is -0.556. The van der Waals surface area contributed by atoms with Crippen molar-refractivity contribution in [3.63, 3.8) is 0 Å². The lowest BCUT2D eigenvalue weighted by atomic mass is 9.88. The van der Waals surface area contributed by atoms with Crippen molar-refractivity contribution >= 4 is 35.9 Å². The molecule has 92 valence electrons. The Balaban J connectivity index is 0.00000144. The van der Waals surface area contributed by atoms with Gasteiger partial charge in [0.05, 0.1) is 0 Å². The van der Waals surface area contributed by atoms with Crippen LogP contribution in [0.15, 0.2) is 17.7 Å². The summed E-state index contributed by atoms with van der Waals surface area (Å²) in [7, 11) is 0. The summed E-state index contributed by atoms with van der Waals surface area (Å²) in [6.07, 6.45) is 1.69. The first-order valence-electron chi connectivity index (χ1n) is 4.97. The summed E-state index contributed by atoms with van der Waals surface area (Å²) < 4.78 is 13.5. The zero-order chi connectivity index (χ0) is 11.9. The molecular formula is C12H12Cl2FNO. The molecule has 0 saturated heterocycles. The predicted molar refractivity (Wildman–Crippen MR) is 69.0 cm³/mol. The van der Waals surface area contributed by atoms with Gasteiger partial charge in [-0.25, -0.2) is 4.39 Å². The Morgan fingerprint density at radius 3 is 2.71 bits per heavy atom. The summed E-state index contributed by atoms with van der Waals surface area (Å²) in [5.41, 5.74) is 7.25. The molecule has 2 rings (SSSR count). The van der Waals surface area contributed by atoms with E-state index in [1.165, 1.54) is 6.07 Å². The van der Waals surface area contributed by atoms with Gasteiger partial charge in [0, 0.05) is 28.6 Å². The zero-order valence-corrected chi connectivity index (χ0v) is 10.7. The second-order valence-electron chi connectivity index (χ2n) is 3.94. The zero-order valence-electron chi connectivity index (χ0n) is 9.17. The predicted octanol–water partition coefficient (Wildman–Crippen LogP) is 2.76. The maximum atomic E-state index is 13.5. The molecule has 0 amide bonds. The number of halogens is 3. The Bertz CT molecular complexity index is 498. The Kier molecular flexibility index (Phi) is 4.31. The summed E-state index contributed by atoms with van der Waals surface area (Å²) in [6.45, 7) is 1.73. The first-order valence-corrected chi connectivity index (χ1v) is 5.35. The molecule has 0 aliphatic heterocycles. The van der Waals surface area contributed by atoms with E-state index < -0.39 is 5.82 Å². The molecule has 1 aliphatic rings. The number of fused-ring (bicyclic) bond motifs is 1. The highest BCUT2D eigenvalue weighted by Crippen LogP contribution is 2.28. The molecule has 5 heteroatoms. The molecule has 0 radical (unpaired) electrons. The number of benzene rings is 1. The van der Waals surface area contributed by atoms with Crippen LogP contribution >= 0.6 is 24.0 Å². The van der Waals surface area contributed by atoms with E-state index in [0.717, 1.165) is 0 Å². The minimum Gasteiger partial charge on any atom is -0.324 e. The Morgan fingerprint density at radius 2 is 2.12 bits per heavy atom. The molecule has 0 bridgehead atoms. The minimum atomic E-state index is -0.434. The van der Waals surface area contributed by atoms with Crippen LogP contribution in [0.1, 0.15) is 18.1 Å². The van der Waals surface area contributed by atoms with E-state index in [1.54, 1.807) is 19.1 Å². The second-order valence-corrected chi connectivity index (χ2v) is 4.38. The largest absolute Gasteiger partial charge is 0.324 e. The molecule has 0 fully saturated rings. The van der Waals surface area contributed by atoms with E-state index in [4.69, 9.17) is 17.3 Å². The number of nitrogens with two attached hydrogens (primary N) is 1. The van der Waals surface area contributed by atoms with Crippen molar-refractivity contribution < 1.29 is 9.18 Å². The third-order valence-electron chi connectivity index (χ3n) is 2.66. The van der Waals surface area contributed by atoms with Crippen LogP contribution in [0.4, 0.5) is 4.39 Å². The van der Waals surface area contributed by atoms with Gasteiger partial charge in [-0.15, -0.1) is 12.4 Å². The lowest BCUT2D eigenvalue weighted by molar-refractivity contribution is -0.115. The summed E-state index contributed by atoms with van der Waals surface area (Å²) in [4.78, 5) is 11.7. The molecule has 1 aromatic carbocycles.